The highest BCUT2D eigenvalue weighted by Gasteiger charge is 2.26. The molecule has 0 radical (unpaired) electrons. The molecule has 1 unspecified atom stereocenters. The molecule has 1 fully saturated rings. The lowest BCUT2D eigenvalue weighted by Crippen LogP contribution is -2.29. The molecule has 1 aromatic carbocycles. The van der Waals surface area contributed by atoms with E-state index in [2.05, 4.69) is 20.4 Å². The minimum absolute atomic E-state index is 0.236. The quantitative estimate of drug-likeness (QED) is 0.770. The molecule has 128 valence electrons. The average molecular weight is 338 g/mol. The van der Waals surface area contributed by atoms with Crippen LogP contribution in [0.25, 0.3) is 0 Å². The molecule has 4 rings (SSSR count). The summed E-state index contributed by atoms with van der Waals surface area (Å²) in [6, 6.07) is 12.8. The molecule has 7 heteroatoms. The second-order valence-electron chi connectivity index (χ2n) is 5.91. The van der Waals surface area contributed by atoms with Gasteiger partial charge in [-0.15, -0.1) is 5.10 Å². The number of rotatable bonds is 5. The van der Waals surface area contributed by atoms with Crippen LogP contribution in [0.5, 0.6) is 0 Å². The highest BCUT2D eigenvalue weighted by atomic mass is 16.4. The number of nitrogens with zero attached hydrogens (tertiary/aromatic N) is 3. The van der Waals surface area contributed by atoms with Crippen LogP contribution in [0.3, 0.4) is 0 Å². The van der Waals surface area contributed by atoms with E-state index < -0.39 is 6.04 Å². The number of anilines is 1. The third-order valence-electron chi connectivity index (χ3n) is 4.21. The molecule has 1 atom stereocenters. The topological polar surface area (TPSA) is 84.4 Å². The first-order chi connectivity index (χ1) is 12.3. The maximum atomic E-state index is 12.4. The van der Waals surface area contributed by atoms with Gasteiger partial charge < -0.3 is 19.1 Å². The van der Waals surface area contributed by atoms with Gasteiger partial charge in [0.2, 0.25) is 5.89 Å². The van der Waals surface area contributed by atoms with E-state index in [-0.39, 0.29) is 11.7 Å². The van der Waals surface area contributed by atoms with E-state index in [9.17, 15) is 4.79 Å². The summed E-state index contributed by atoms with van der Waals surface area (Å²) in [5.74, 6) is 0.257. The Morgan fingerprint density at radius 2 is 1.88 bits per heavy atom. The molecule has 1 N–H and O–H groups in total. The molecule has 0 spiro atoms. The largest absolute Gasteiger partial charge is 0.459 e. The molecule has 0 bridgehead atoms. The first kappa shape index (κ1) is 15.4. The number of amides is 1. The zero-order valence-electron chi connectivity index (χ0n) is 13.6. The van der Waals surface area contributed by atoms with E-state index in [0.29, 0.717) is 11.9 Å². The molecule has 7 nitrogen and oxygen atoms in total. The Hall–Kier alpha value is -3.09. The van der Waals surface area contributed by atoms with E-state index in [4.69, 9.17) is 8.83 Å². The lowest BCUT2D eigenvalue weighted by atomic mass is 10.1. The summed E-state index contributed by atoms with van der Waals surface area (Å²) in [6.07, 6.45) is 3.70. The number of carbonyl (C=O) groups excluding carboxylic acids is 1. The molecule has 3 heterocycles. The fourth-order valence-corrected chi connectivity index (χ4v) is 2.92. The lowest BCUT2D eigenvalue weighted by Gasteiger charge is -2.15. The van der Waals surface area contributed by atoms with Gasteiger partial charge in [0.05, 0.1) is 6.26 Å². The second-order valence-corrected chi connectivity index (χ2v) is 5.91. The van der Waals surface area contributed by atoms with Gasteiger partial charge in [-0.3, -0.25) is 4.79 Å². The van der Waals surface area contributed by atoms with Crippen LogP contribution in [0.4, 0.5) is 6.01 Å². The van der Waals surface area contributed by atoms with Crippen molar-refractivity contribution in [1.82, 2.24) is 15.5 Å². The zero-order chi connectivity index (χ0) is 17.1. The van der Waals surface area contributed by atoms with Crippen LogP contribution in [0.1, 0.15) is 40.9 Å². The summed E-state index contributed by atoms with van der Waals surface area (Å²) in [5.41, 5.74) is 0.860. The number of furan rings is 1. The Kier molecular flexibility index (Phi) is 4.20. The van der Waals surface area contributed by atoms with E-state index in [1.165, 1.54) is 6.26 Å². The van der Waals surface area contributed by atoms with Crippen molar-refractivity contribution in [3.05, 3.63) is 65.9 Å². The smallest absolute Gasteiger partial charge is 0.318 e. The minimum atomic E-state index is -0.539. The monoisotopic (exact) mass is 338 g/mol. The molecule has 3 aromatic rings. The lowest BCUT2D eigenvalue weighted by molar-refractivity contribution is 0.0910. The van der Waals surface area contributed by atoms with Gasteiger partial charge in [0, 0.05) is 13.1 Å². The van der Waals surface area contributed by atoms with Crippen molar-refractivity contribution >= 4 is 11.9 Å². The highest BCUT2D eigenvalue weighted by Crippen LogP contribution is 2.25. The molecule has 1 aliphatic heterocycles. The summed E-state index contributed by atoms with van der Waals surface area (Å²) in [7, 11) is 0. The Morgan fingerprint density at radius 1 is 1.08 bits per heavy atom. The Labute approximate surface area is 144 Å². The van der Waals surface area contributed by atoms with E-state index >= 15 is 0 Å². The number of carbonyl (C=O) groups is 1. The van der Waals surface area contributed by atoms with Crippen LogP contribution in [0, 0.1) is 0 Å². The van der Waals surface area contributed by atoms with Crippen molar-refractivity contribution in [3.63, 3.8) is 0 Å². The molecule has 1 saturated heterocycles. The molecule has 0 aliphatic carbocycles. The summed E-state index contributed by atoms with van der Waals surface area (Å²) < 4.78 is 11.0. The normalized spacial score (nSPS) is 15.3. The van der Waals surface area contributed by atoms with Crippen LogP contribution < -0.4 is 10.2 Å². The van der Waals surface area contributed by atoms with Crippen LogP contribution in [-0.2, 0) is 0 Å². The second kappa shape index (κ2) is 6.80. The van der Waals surface area contributed by atoms with Crippen molar-refractivity contribution < 1.29 is 13.6 Å². The van der Waals surface area contributed by atoms with Crippen molar-refractivity contribution in [2.45, 2.75) is 18.9 Å². The van der Waals surface area contributed by atoms with Gasteiger partial charge in [0.25, 0.3) is 5.91 Å². The minimum Gasteiger partial charge on any atom is -0.459 e. The summed E-state index contributed by atoms with van der Waals surface area (Å²) in [5, 5.41) is 11.2. The van der Waals surface area contributed by atoms with Gasteiger partial charge in [0.1, 0.15) is 6.04 Å². The van der Waals surface area contributed by atoms with Gasteiger partial charge in [-0.2, -0.15) is 0 Å². The first-order valence-corrected chi connectivity index (χ1v) is 8.29. The SMILES string of the molecule is O=C(NC(c1ccccc1)c1nnc(N2CCCC2)o1)c1ccco1. The summed E-state index contributed by atoms with van der Waals surface area (Å²) in [4.78, 5) is 14.5. The Bertz CT molecular complexity index is 823. The third-order valence-corrected chi connectivity index (χ3v) is 4.21. The number of hydrogen-bond donors (Lipinski definition) is 1. The third kappa shape index (κ3) is 3.26. The van der Waals surface area contributed by atoms with Crippen LogP contribution in [-0.4, -0.2) is 29.2 Å². The Morgan fingerprint density at radius 3 is 2.60 bits per heavy atom. The molecular formula is C18H18N4O3. The highest BCUT2D eigenvalue weighted by molar-refractivity contribution is 5.91. The number of nitrogens with one attached hydrogen (secondary N) is 1. The predicted octanol–water partition coefficient (Wildman–Crippen LogP) is 2.78. The predicted molar refractivity (Wildman–Crippen MR) is 90.2 cm³/mol. The maximum Gasteiger partial charge on any atom is 0.318 e. The fourth-order valence-electron chi connectivity index (χ4n) is 2.92. The van der Waals surface area contributed by atoms with Gasteiger partial charge in [-0.25, -0.2) is 0 Å². The molecule has 0 saturated carbocycles. The van der Waals surface area contributed by atoms with Crippen molar-refractivity contribution in [2.75, 3.05) is 18.0 Å². The van der Waals surface area contributed by atoms with Gasteiger partial charge in [-0.05, 0) is 30.5 Å². The van der Waals surface area contributed by atoms with Crippen LogP contribution in [0.15, 0.2) is 57.6 Å². The van der Waals surface area contributed by atoms with Crippen LogP contribution in [0.2, 0.25) is 0 Å². The summed E-state index contributed by atoms with van der Waals surface area (Å²) >= 11 is 0. The molecule has 1 amide bonds. The average Bonchev–Trinajstić information content (AvgIpc) is 3.42. The molecule has 1 aliphatic rings. The van der Waals surface area contributed by atoms with E-state index in [1.807, 2.05) is 30.3 Å². The molecule has 2 aromatic heterocycles. The van der Waals surface area contributed by atoms with Crippen LogP contribution >= 0.6 is 0 Å². The Balaban J connectivity index is 1.62. The number of benzene rings is 1. The number of hydrogen-bond acceptors (Lipinski definition) is 6. The molecule has 25 heavy (non-hydrogen) atoms. The molecular weight excluding hydrogens is 320 g/mol. The summed E-state index contributed by atoms with van der Waals surface area (Å²) in [6.45, 7) is 1.83. The van der Waals surface area contributed by atoms with E-state index in [0.717, 1.165) is 31.5 Å². The van der Waals surface area contributed by atoms with Crippen molar-refractivity contribution in [2.24, 2.45) is 0 Å². The zero-order valence-corrected chi connectivity index (χ0v) is 13.6. The van der Waals surface area contributed by atoms with Crippen molar-refractivity contribution in [1.29, 1.82) is 0 Å². The fraction of sp³-hybridized carbons (Fsp3) is 0.278. The van der Waals surface area contributed by atoms with Gasteiger partial charge >= 0.3 is 6.01 Å². The van der Waals surface area contributed by atoms with E-state index in [1.54, 1.807) is 12.1 Å². The first-order valence-electron chi connectivity index (χ1n) is 8.29. The standard InChI is InChI=1S/C18H18N4O3/c23-16(14-9-6-12-24-14)19-15(13-7-2-1-3-8-13)17-20-21-18(25-17)22-10-4-5-11-22/h1-3,6-9,12,15H,4-5,10-11H2,(H,19,23). The van der Waals surface area contributed by atoms with Gasteiger partial charge in [0.15, 0.2) is 5.76 Å². The van der Waals surface area contributed by atoms with Gasteiger partial charge in [-0.1, -0.05) is 35.4 Å². The number of aromatic nitrogens is 2. The van der Waals surface area contributed by atoms with Crippen molar-refractivity contribution in [3.8, 4) is 0 Å². The maximum absolute atomic E-state index is 12.4.